The normalized spacial score (nSPS) is 7.76. The van der Waals surface area contributed by atoms with Crippen molar-refractivity contribution in [1.29, 1.82) is 0 Å². The average Bonchev–Trinajstić information content (AvgIpc) is 2.20. The van der Waals surface area contributed by atoms with Crippen LogP contribution in [0, 0.1) is 0 Å². The van der Waals surface area contributed by atoms with Crippen molar-refractivity contribution in [2.45, 2.75) is 13.8 Å². The van der Waals surface area contributed by atoms with Crippen molar-refractivity contribution in [3.05, 3.63) is 24.3 Å². The van der Waals surface area contributed by atoms with Crippen LogP contribution in [0.5, 0.6) is 0 Å². The second-order valence-corrected chi connectivity index (χ2v) is 2.73. The van der Waals surface area contributed by atoms with Crippen LogP contribution in [0.3, 0.4) is 0 Å². The molecule has 0 bridgehead atoms. The molecule has 0 aromatic heterocycles. The van der Waals surface area contributed by atoms with Gasteiger partial charge in [-0.1, -0.05) is 13.2 Å². The average molecular weight is 250 g/mol. The second kappa shape index (κ2) is 14.3. The number of aliphatic hydroxyl groups is 1. The van der Waals surface area contributed by atoms with Gasteiger partial charge in [0.2, 0.25) is 0 Å². The Kier molecular flexibility index (Phi) is 17.4. The van der Waals surface area contributed by atoms with Crippen molar-refractivity contribution in [2.75, 3.05) is 13.2 Å². The maximum absolute atomic E-state index is 9.60. The van der Waals surface area contributed by atoms with Crippen LogP contribution in [0.2, 0.25) is 0 Å². The molecule has 0 heterocycles. The molecule has 0 aliphatic heterocycles. The highest BCUT2D eigenvalue weighted by Crippen LogP contribution is 1.81. The molecule has 0 aromatic rings. The summed E-state index contributed by atoms with van der Waals surface area (Å²) in [6.45, 7) is 9.08. The Morgan fingerprint density at radius 2 is 1.29 bits per heavy atom. The zero-order valence-electron chi connectivity index (χ0n) is 9.84. The van der Waals surface area contributed by atoms with Crippen LogP contribution in [0.25, 0.3) is 0 Å². The van der Waals surface area contributed by atoms with Gasteiger partial charge in [-0.3, -0.25) is 5.26 Å². The summed E-state index contributed by atoms with van der Waals surface area (Å²) in [7, 11) is 0. The van der Waals surface area contributed by atoms with Crippen LogP contribution in [0.1, 0.15) is 13.8 Å². The van der Waals surface area contributed by atoms with Gasteiger partial charge >= 0.3 is 11.9 Å². The molecule has 0 aromatic carbocycles. The molecule has 0 fully saturated rings. The minimum atomic E-state index is -0.935. The first-order valence-electron chi connectivity index (χ1n) is 4.35. The summed E-state index contributed by atoms with van der Waals surface area (Å²) >= 11 is 0. The summed E-state index contributed by atoms with van der Waals surface area (Å²) < 4.78 is 0. The predicted molar refractivity (Wildman–Crippen MR) is 60.6 cm³/mol. The third-order valence-corrected chi connectivity index (χ3v) is 0.913. The van der Waals surface area contributed by atoms with Gasteiger partial charge in [-0.05, 0) is 13.8 Å². The van der Waals surface area contributed by atoms with E-state index in [1.54, 1.807) is 0 Å². The molecule has 7 nitrogen and oxygen atoms in total. The van der Waals surface area contributed by atoms with Gasteiger partial charge in [0.15, 0.2) is 0 Å². The molecule has 0 aliphatic rings. The fourth-order valence-corrected chi connectivity index (χ4v) is 0.0408. The van der Waals surface area contributed by atoms with Crippen molar-refractivity contribution in [1.82, 2.24) is 0 Å². The number of carboxylic acids is 2. The lowest BCUT2D eigenvalue weighted by atomic mass is 10.4. The van der Waals surface area contributed by atoms with E-state index in [4.69, 9.17) is 20.6 Å². The molecule has 0 unspecified atom stereocenters. The number of hydrogen-bond acceptors (Lipinski definition) is 5. The van der Waals surface area contributed by atoms with E-state index in [-0.39, 0.29) is 24.4 Å². The van der Waals surface area contributed by atoms with E-state index in [0.717, 1.165) is 0 Å². The first kappa shape index (κ1) is 20.7. The number of carboxylic acid groups (broad SMARTS) is 2. The van der Waals surface area contributed by atoms with Crippen LogP contribution < -0.4 is 0 Å². The summed E-state index contributed by atoms with van der Waals surface area (Å²) in [5.41, 5.74) is 0.352. The molecule has 7 heteroatoms. The van der Waals surface area contributed by atoms with Crippen LogP contribution in [0.15, 0.2) is 24.3 Å². The zero-order chi connectivity index (χ0) is 14.4. The van der Waals surface area contributed by atoms with E-state index < -0.39 is 11.9 Å². The number of hydrogen-bond donors (Lipinski definition) is 4. The Bertz CT molecular complexity index is 207. The number of aliphatic carboxylic acids is 2. The summed E-state index contributed by atoms with van der Waals surface area (Å²) in [5.74, 6) is -1.87. The van der Waals surface area contributed by atoms with Gasteiger partial charge in [-0.25, -0.2) is 14.5 Å². The van der Waals surface area contributed by atoms with Crippen molar-refractivity contribution in [2.24, 2.45) is 0 Å². The maximum atomic E-state index is 9.60. The SMILES string of the molecule is C=C(C)C(=O)O.C=C(C)C(=O)O.OCCOO. The van der Waals surface area contributed by atoms with Crippen LogP contribution >= 0.6 is 0 Å². The first-order chi connectivity index (χ1) is 7.70. The summed E-state index contributed by atoms with van der Waals surface area (Å²) in [6.07, 6.45) is 0. The zero-order valence-corrected chi connectivity index (χ0v) is 9.84. The summed E-state index contributed by atoms with van der Waals surface area (Å²) in [4.78, 5) is 22.6. The highest BCUT2D eigenvalue weighted by Gasteiger charge is 1.90. The van der Waals surface area contributed by atoms with Gasteiger partial charge in [0.25, 0.3) is 0 Å². The monoisotopic (exact) mass is 250 g/mol. The largest absolute Gasteiger partial charge is 0.478 e. The summed E-state index contributed by atoms with van der Waals surface area (Å²) in [5, 5.41) is 31.0. The number of aliphatic hydroxyl groups excluding tert-OH is 1. The highest BCUT2D eigenvalue weighted by molar-refractivity contribution is 5.85. The third-order valence-electron chi connectivity index (χ3n) is 0.913. The number of rotatable bonds is 4. The Morgan fingerprint density at radius 1 is 1.06 bits per heavy atom. The smallest absolute Gasteiger partial charge is 0.330 e. The lowest BCUT2D eigenvalue weighted by molar-refractivity contribution is -0.246. The van der Waals surface area contributed by atoms with E-state index in [9.17, 15) is 9.59 Å². The van der Waals surface area contributed by atoms with E-state index in [1.165, 1.54) is 13.8 Å². The van der Waals surface area contributed by atoms with Gasteiger partial charge in [-0.2, -0.15) is 0 Å². The van der Waals surface area contributed by atoms with Gasteiger partial charge in [0.1, 0.15) is 6.61 Å². The van der Waals surface area contributed by atoms with Crippen molar-refractivity contribution < 1.29 is 35.1 Å². The molecule has 0 spiro atoms. The maximum Gasteiger partial charge on any atom is 0.330 e. The fourth-order valence-electron chi connectivity index (χ4n) is 0.0408. The van der Waals surface area contributed by atoms with Crippen LogP contribution in [0.4, 0.5) is 0 Å². The minimum Gasteiger partial charge on any atom is -0.478 e. The fraction of sp³-hybridized carbons (Fsp3) is 0.400. The van der Waals surface area contributed by atoms with Gasteiger partial charge in [0.05, 0.1) is 6.61 Å². The molecule has 0 atom stereocenters. The molecule has 0 saturated carbocycles. The quantitative estimate of drug-likeness (QED) is 0.330. The van der Waals surface area contributed by atoms with Gasteiger partial charge in [0, 0.05) is 11.1 Å². The van der Waals surface area contributed by atoms with E-state index >= 15 is 0 Å². The standard InChI is InChI=1S/2C4H6O2.C2H6O3/c2*1-3(2)4(5)6;3-1-2-5-4/h2*1H2,2H3,(H,5,6);3-4H,1-2H2. The number of carbonyl (C=O) groups is 2. The van der Waals surface area contributed by atoms with Crippen molar-refractivity contribution in [3.8, 4) is 0 Å². The molecule has 17 heavy (non-hydrogen) atoms. The Hall–Kier alpha value is -1.70. The second-order valence-electron chi connectivity index (χ2n) is 2.73. The lowest BCUT2D eigenvalue weighted by Gasteiger charge is -1.81. The van der Waals surface area contributed by atoms with Crippen LogP contribution in [-0.4, -0.2) is 45.7 Å². The molecule has 4 N–H and O–H groups in total. The van der Waals surface area contributed by atoms with Gasteiger partial charge < -0.3 is 15.3 Å². The van der Waals surface area contributed by atoms with Crippen molar-refractivity contribution in [3.63, 3.8) is 0 Å². The molecule has 0 amide bonds. The molecule has 0 radical (unpaired) electrons. The molecule has 0 aliphatic carbocycles. The first-order valence-corrected chi connectivity index (χ1v) is 4.35. The Balaban J connectivity index is -0.000000174. The molecular formula is C10H18O7. The lowest BCUT2D eigenvalue weighted by Crippen LogP contribution is -1.92. The minimum absolute atomic E-state index is 0. The molecular weight excluding hydrogens is 232 g/mol. The van der Waals surface area contributed by atoms with E-state index in [0.29, 0.717) is 0 Å². The highest BCUT2D eigenvalue weighted by atomic mass is 17.1. The summed E-state index contributed by atoms with van der Waals surface area (Å²) in [6, 6.07) is 0. The topological polar surface area (TPSA) is 124 Å². The van der Waals surface area contributed by atoms with Crippen LogP contribution in [-0.2, 0) is 14.5 Å². The Morgan fingerprint density at radius 3 is 1.29 bits per heavy atom. The van der Waals surface area contributed by atoms with E-state index in [1.807, 2.05) is 0 Å². The molecule has 100 valence electrons. The molecule has 0 saturated heterocycles. The van der Waals surface area contributed by atoms with E-state index in [2.05, 4.69) is 18.0 Å². The van der Waals surface area contributed by atoms with Crippen molar-refractivity contribution >= 4 is 11.9 Å². The Labute approximate surface area is 99.2 Å². The van der Waals surface area contributed by atoms with Gasteiger partial charge in [-0.15, -0.1) is 0 Å². The molecule has 0 rings (SSSR count). The third kappa shape index (κ3) is 31.4. The predicted octanol–water partition coefficient (Wildman–Crippen LogP) is 0.763.